The number of carbonyl (C=O) groups excluding carboxylic acids is 3. The molecule has 3 heterocycles. The number of ether oxygens (including phenoxy) is 3. The Morgan fingerprint density at radius 3 is 2.04 bits per heavy atom. The number of anilines is 1. The maximum absolute atomic E-state index is 13.8. The van der Waals surface area contributed by atoms with Crippen LogP contribution in [0, 0.1) is 0 Å². The number of rotatable bonds is 6. The standard InChI is InChI=1S/C39H47N5O10S/c1-37(2,3)51-34(46)43-20-12-13-26(23-43)55(49,50)25-18-16-24(17-19-25)29-22-40-33(44(35(47)52-38(4,5)6)36(48)53-39(7,8)9)32(41-29)31-21-28(42-54-31)27-14-10-11-15-30(27)45/h10-11,14-19,21-22,26,45H,12-13,20,23H2,1-9H3. The number of aromatic hydroxyl groups is 1. The van der Waals surface area contributed by atoms with Gasteiger partial charge in [-0.2, -0.15) is 4.90 Å². The van der Waals surface area contributed by atoms with Crippen molar-refractivity contribution in [2.45, 2.75) is 102 Å². The van der Waals surface area contributed by atoms with Crippen molar-refractivity contribution in [1.29, 1.82) is 0 Å². The van der Waals surface area contributed by atoms with Gasteiger partial charge in [0.15, 0.2) is 27.1 Å². The minimum atomic E-state index is -3.86. The number of likely N-dealkylation sites (tertiary alicyclic amines) is 1. The first-order valence-electron chi connectivity index (χ1n) is 17.7. The predicted molar refractivity (Wildman–Crippen MR) is 203 cm³/mol. The van der Waals surface area contributed by atoms with Crippen LogP contribution in [-0.4, -0.2) is 87.0 Å². The molecule has 1 unspecified atom stereocenters. The quantitative estimate of drug-likeness (QED) is 0.185. The lowest BCUT2D eigenvalue weighted by Gasteiger charge is -2.33. The summed E-state index contributed by atoms with van der Waals surface area (Å²) in [5.41, 5.74) is -1.59. The van der Waals surface area contributed by atoms with Crippen molar-refractivity contribution in [3.63, 3.8) is 0 Å². The van der Waals surface area contributed by atoms with E-state index in [1.54, 1.807) is 92.6 Å². The van der Waals surface area contributed by atoms with Crippen LogP contribution in [0.4, 0.5) is 20.2 Å². The molecule has 2 aromatic heterocycles. The molecule has 0 aliphatic carbocycles. The van der Waals surface area contributed by atoms with E-state index in [-0.39, 0.29) is 45.8 Å². The third kappa shape index (κ3) is 9.98. The normalized spacial score (nSPS) is 15.3. The number of phenols is 1. The minimum absolute atomic E-state index is 0.00101. The van der Waals surface area contributed by atoms with Gasteiger partial charge in [-0.3, -0.25) is 0 Å². The second-order valence-electron chi connectivity index (χ2n) is 16.1. The molecule has 0 radical (unpaired) electrons. The third-order valence-electron chi connectivity index (χ3n) is 7.99. The highest BCUT2D eigenvalue weighted by Crippen LogP contribution is 2.36. The van der Waals surface area contributed by atoms with Gasteiger partial charge in [0.25, 0.3) is 0 Å². The topological polar surface area (TPSA) is 192 Å². The molecule has 1 N–H and O–H groups in total. The second-order valence-corrected chi connectivity index (χ2v) is 18.3. The molecule has 1 saturated heterocycles. The lowest BCUT2D eigenvalue weighted by atomic mass is 10.1. The van der Waals surface area contributed by atoms with Crippen LogP contribution in [0.25, 0.3) is 34.0 Å². The average Bonchev–Trinajstić information content (AvgIpc) is 3.56. The molecule has 1 aliphatic heterocycles. The number of imide groups is 1. The molecule has 0 spiro atoms. The summed E-state index contributed by atoms with van der Waals surface area (Å²) in [6.07, 6.45) is -0.545. The Balaban J connectivity index is 1.55. The number of para-hydroxylation sites is 1. The first kappa shape index (κ1) is 40.7. The molecule has 3 amide bonds. The van der Waals surface area contributed by atoms with Crippen LogP contribution in [0.3, 0.4) is 0 Å². The highest BCUT2D eigenvalue weighted by molar-refractivity contribution is 7.92. The number of benzene rings is 2. The molecule has 55 heavy (non-hydrogen) atoms. The molecule has 2 aromatic carbocycles. The van der Waals surface area contributed by atoms with E-state index >= 15 is 0 Å². The number of piperidine rings is 1. The van der Waals surface area contributed by atoms with Crippen molar-refractivity contribution in [3.8, 4) is 39.7 Å². The van der Waals surface area contributed by atoms with Crippen LogP contribution < -0.4 is 4.90 Å². The van der Waals surface area contributed by atoms with Crippen molar-refractivity contribution < 1.29 is 46.6 Å². The van der Waals surface area contributed by atoms with Gasteiger partial charge in [-0.1, -0.05) is 29.4 Å². The van der Waals surface area contributed by atoms with Crippen molar-refractivity contribution in [1.82, 2.24) is 20.0 Å². The summed E-state index contributed by atoms with van der Waals surface area (Å²) in [6, 6.07) is 14.0. The smallest absolute Gasteiger partial charge is 0.425 e. The molecule has 15 nitrogen and oxygen atoms in total. The van der Waals surface area contributed by atoms with E-state index in [4.69, 9.17) is 23.7 Å². The zero-order valence-electron chi connectivity index (χ0n) is 32.4. The predicted octanol–water partition coefficient (Wildman–Crippen LogP) is 8.02. The summed E-state index contributed by atoms with van der Waals surface area (Å²) in [5.74, 6) is -0.378. The van der Waals surface area contributed by atoms with E-state index in [9.17, 15) is 27.9 Å². The molecule has 1 atom stereocenters. The highest BCUT2D eigenvalue weighted by Gasteiger charge is 2.38. The fourth-order valence-corrected chi connectivity index (χ4v) is 7.36. The van der Waals surface area contributed by atoms with Gasteiger partial charge in [-0.05, 0) is 99.4 Å². The van der Waals surface area contributed by atoms with E-state index in [0.717, 1.165) is 0 Å². The lowest BCUT2D eigenvalue weighted by Crippen LogP contribution is -2.47. The van der Waals surface area contributed by atoms with Gasteiger partial charge in [0.1, 0.15) is 28.2 Å². The molecule has 0 bridgehead atoms. The lowest BCUT2D eigenvalue weighted by molar-refractivity contribution is 0.0218. The molecule has 1 aliphatic rings. The average molecular weight is 778 g/mol. The molecule has 16 heteroatoms. The van der Waals surface area contributed by atoms with Gasteiger partial charge < -0.3 is 28.7 Å². The SMILES string of the molecule is CC(C)(C)OC(=O)N1CCCC(S(=O)(=O)c2ccc(-c3cnc(N(C(=O)OC(C)(C)C)C(=O)OC(C)(C)C)c(-c4cc(-c5ccccc5O)no4)n3)cc2)C1. The molecule has 294 valence electrons. The molecule has 5 rings (SSSR count). The monoisotopic (exact) mass is 777 g/mol. The first-order chi connectivity index (χ1) is 25.5. The van der Waals surface area contributed by atoms with Crippen molar-refractivity contribution in [2.75, 3.05) is 18.0 Å². The number of carbonyl (C=O) groups is 3. The van der Waals surface area contributed by atoms with Gasteiger partial charge >= 0.3 is 18.3 Å². The van der Waals surface area contributed by atoms with Crippen LogP contribution in [0.1, 0.15) is 75.2 Å². The van der Waals surface area contributed by atoms with Gasteiger partial charge in [0.05, 0.1) is 22.0 Å². The molecular formula is C39H47N5O10S. The fraction of sp³-hybridized carbons (Fsp3) is 0.436. The first-order valence-corrected chi connectivity index (χ1v) is 19.3. The Kier molecular flexibility index (Phi) is 11.3. The highest BCUT2D eigenvalue weighted by atomic mass is 32.2. The molecular weight excluding hydrogens is 731 g/mol. The summed E-state index contributed by atoms with van der Waals surface area (Å²) in [4.78, 5) is 51.3. The Morgan fingerprint density at radius 1 is 0.855 bits per heavy atom. The van der Waals surface area contributed by atoms with Crippen LogP contribution in [0.15, 0.2) is 70.2 Å². The van der Waals surface area contributed by atoms with Gasteiger partial charge in [-0.25, -0.2) is 32.8 Å². The number of hydrogen-bond donors (Lipinski definition) is 1. The number of sulfone groups is 1. The Hall–Kier alpha value is -5.51. The maximum atomic E-state index is 13.8. The van der Waals surface area contributed by atoms with Crippen LogP contribution in [-0.2, 0) is 24.0 Å². The zero-order chi connectivity index (χ0) is 40.5. The van der Waals surface area contributed by atoms with Gasteiger partial charge in [-0.15, -0.1) is 0 Å². The van der Waals surface area contributed by atoms with Crippen LogP contribution >= 0.6 is 0 Å². The van der Waals surface area contributed by atoms with E-state index in [1.165, 1.54) is 35.4 Å². The second kappa shape index (κ2) is 15.3. The Bertz CT molecular complexity index is 2140. The van der Waals surface area contributed by atoms with Crippen molar-refractivity contribution >= 4 is 33.9 Å². The number of phenolic OH excluding ortho intramolecular Hbond substituents is 1. The fourth-order valence-electron chi connectivity index (χ4n) is 5.61. The summed E-state index contributed by atoms with van der Waals surface area (Å²) in [5, 5.41) is 13.7. The summed E-state index contributed by atoms with van der Waals surface area (Å²) >= 11 is 0. The number of aromatic nitrogens is 3. The van der Waals surface area contributed by atoms with E-state index in [1.807, 2.05) is 0 Å². The summed E-state index contributed by atoms with van der Waals surface area (Å²) < 4.78 is 49.9. The Labute approximate surface area is 320 Å². The molecule has 0 saturated carbocycles. The van der Waals surface area contributed by atoms with E-state index in [2.05, 4.69) is 10.1 Å². The number of hydrogen-bond acceptors (Lipinski definition) is 13. The zero-order valence-corrected chi connectivity index (χ0v) is 33.3. The molecule has 1 fully saturated rings. The van der Waals surface area contributed by atoms with E-state index < -0.39 is 50.2 Å². The van der Waals surface area contributed by atoms with Crippen molar-refractivity contribution in [2.24, 2.45) is 0 Å². The van der Waals surface area contributed by atoms with Crippen LogP contribution in [0.2, 0.25) is 0 Å². The number of amides is 3. The third-order valence-corrected chi connectivity index (χ3v) is 10.2. The van der Waals surface area contributed by atoms with E-state index in [0.29, 0.717) is 35.4 Å². The maximum Gasteiger partial charge on any atom is 0.425 e. The van der Waals surface area contributed by atoms with Gasteiger partial charge in [0.2, 0.25) is 0 Å². The van der Waals surface area contributed by atoms with Gasteiger partial charge in [0, 0.05) is 30.3 Å². The number of nitrogens with zero attached hydrogens (tertiary/aromatic N) is 5. The summed E-state index contributed by atoms with van der Waals surface area (Å²) in [6.45, 7) is 15.5. The largest absolute Gasteiger partial charge is 0.507 e. The van der Waals surface area contributed by atoms with Crippen molar-refractivity contribution in [3.05, 3.63) is 60.8 Å². The summed E-state index contributed by atoms with van der Waals surface area (Å²) in [7, 11) is -3.86. The Morgan fingerprint density at radius 2 is 1.45 bits per heavy atom. The molecule has 4 aromatic rings. The minimum Gasteiger partial charge on any atom is -0.507 e. The van der Waals surface area contributed by atoms with Crippen LogP contribution in [0.5, 0.6) is 5.75 Å².